The van der Waals surface area contributed by atoms with E-state index < -0.39 is 11.8 Å². The molecule has 3 nitrogen and oxygen atoms in total. The van der Waals surface area contributed by atoms with Crippen LogP contribution in [0, 0.1) is 5.82 Å². The first-order valence-corrected chi connectivity index (χ1v) is 7.05. The lowest BCUT2D eigenvalue weighted by molar-refractivity contribution is 0.0697. The van der Waals surface area contributed by atoms with E-state index in [0.29, 0.717) is 16.9 Å². The molecule has 1 unspecified atom stereocenters. The molecule has 3 rings (SSSR count). The Kier molecular flexibility index (Phi) is 3.62. The van der Waals surface area contributed by atoms with E-state index in [9.17, 15) is 9.18 Å². The molecule has 0 saturated heterocycles. The van der Waals surface area contributed by atoms with Crippen molar-refractivity contribution in [1.82, 2.24) is 0 Å². The number of fused-ring (bicyclic) bond motifs is 1. The number of hydrogen-bond donors (Lipinski definition) is 1. The van der Waals surface area contributed by atoms with Crippen LogP contribution in [-0.2, 0) is 0 Å². The quantitative estimate of drug-likeness (QED) is 0.893. The van der Waals surface area contributed by atoms with Gasteiger partial charge < -0.3 is 9.84 Å². The fraction of sp³-hybridized carbons (Fsp3) is 0.118. The Hall–Kier alpha value is -2.33. The molecule has 0 saturated carbocycles. The summed E-state index contributed by atoms with van der Waals surface area (Å²) in [6, 6.07) is 8.79. The van der Waals surface area contributed by atoms with Gasteiger partial charge in [0.2, 0.25) is 0 Å². The standard InChI is InChI=1S/C17H12ClFO3/c1-9-6-13(12-4-3-11(19)8-15(12)18)14-7-10(17(20)21)2-5-16(14)22-9/h2-9H,1H3,(H,20,21). The van der Waals surface area contributed by atoms with Crippen LogP contribution in [0.15, 0.2) is 42.5 Å². The summed E-state index contributed by atoms with van der Waals surface area (Å²) in [4.78, 5) is 11.2. The number of aromatic carboxylic acids is 1. The van der Waals surface area contributed by atoms with Crippen molar-refractivity contribution in [2.45, 2.75) is 13.0 Å². The molecule has 1 heterocycles. The van der Waals surface area contributed by atoms with E-state index in [-0.39, 0.29) is 16.7 Å². The second kappa shape index (κ2) is 5.46. The predicted molar refractivity (Wildman–Crippen MR) is 82.0 cm³/mol. The summed E-state index contributed by atoms with van der Waals surface area (Å²) in [5.41, 5.74) is 2.16. The molecule has 5 heteroatoms. The van der Waals surface area contributed by atoms with Crippen molar-refractivity contribution >= 4 is 23.1 Å². The van der Waals surface area contributed by atoms with Gasteiger partial charge in [-0.05, 0) is 55.0 Å². The van der Waals surface area contributed by atoms with Crippen LogP contribution in [0.1, 0.15) is 28.4 Å². The van der Waals surface area contributed by atoms with E-state index in [0.717, 1.165) is 5.57 Å². The van der Waals surface area contributed by atoms with Gasteiger partial charge in [0.1, 0.15) is 17.7 Å². The molecule has 2 aromatic carbocycles. The molecule has 0 aliphatic carbocycles. The van der Waals surface area contributed by atoms with Crippen molar-refractivity contribution in [3.05, 3.63) is 70.0 Å². The van der Waals surface area contributed by atoms with E-state index in [4.69, 9.17) is 21.4 Å². The van der Waals surface area contributed by atoms with Crippen molar-refractivity contribution < 1.29 is 19.0 Å². The lowest BCUT2D eigenvalue weighted by atomic mass is 9.92. The lowest BCUT2D eigenvalue weighted by Gasteiger charge is -2.24. The van der Waals surface area contributed by atoms with Crippen LogP contribution in [0.3, 0.4) is 0 Å². The minimum Gasteiger partial charge on any atom is -0.486 e. The number of halogens is 2. The minimum atomic E-state index is -1.02. The zero-order valence-electron chi connectivity index (χ0n) is 11.6. The van der Waals surface area contributed by atoms with Gasteiger partial charge in [-0.25, -0.2) is 9.18 Å². The summed E-state index contributed by atoms with van der Waals surface area (Å²) in [5, 5.41) is 9.42. The smallest absolute Gasteiger partial charge is 0.335 e. The van der Waals surface area contributed by atoms with Gasteiger partial charge in [0, 0.05) is 11.1 Å². The van der Waals surface area contributed by atoms with Gasteiger partial charge in [-0.3, -0.25) is 0 Å². The van der Waals surface area contributed by atoms with Crippen LogP contribution in [-0.4, -0.2) is 17.2 Å². The maximum absolute atomic E-state index is 13.3. The topological polar surface area (TPSA) is 46.5 Å². The maximum Gasteiger partial charge on any atom is 0.335 e. The van der Waals surface area contributed by atoms with Gasteiger partial charge >= 0.3 is 5.97 Å². The largest absolute Gasteiger partial charge is 0.486 e. The molecule has 1 N–H and O–H groups in total. The normalized spacial score (nSPS) is 16.5. The molecule has 0 radical (unpaired) electrons. The molecule has 0 aromatic heterocycles. The number of carbonyl (C=O) groups is 1. The highest BCUT2D eigenvalue weighted by molar-refractivity contribution is 6.32. The van der Waals surface area contributed by atoms with E-state index in [1.54, 1.807) is 12.1 Å². The van der Waals surface area contributed by atoms with Crippen molar-refractivity contribution in [2.75, 3.05) is 0 Å². The summed E-state index contributed by atoms with van der Waals surface area (Å²) in [7, 11) is 0. The van der Waals surface area contributed by atoms with E-state index in [2.05, 4.69) is 0 Å². The summed E-state index contributed by atoms with van der Waals surface area (Å²) in [6.45, 7) is 1.87. The number of hydrogen-bond acceptors (Lipinski definition) is 2. The molecule has 0 bridgehead atoms. The first-order chi connectivity index (χ1) is 10.5. The summed E-state index contributed by atoms with van der Waals surface area (Å²) < 4.78 is 18.9. The molecule has 0 amide bonds. The fourth-order valence-corrected chi connectivity index (χ4v) is 2.75. The first-order valence-electron chi connectivity index (χ1n) is 6.67. The zero-order chi connectivity index (χ0) is 15.9. The van der Waals surface area contributed by atoms with E-state index in [1.807, 2.05) is 13.0 Å². The van der Waals surface area contributed by atoms with Crippen molar-refractivity contribution in [3.63, 3.8) is 0 Å². The molecule has 22 heavy (non-hydrogen) atoms. The SMILES string of the molecule is CC1C=C(c2ccc(F)cc2Cl)c2cc(C(=O)O)ccc2O1. The van der Waals surface area contributed by atoms with Crippen LogP contribution in [0.5, 0.6) is 5.75 Å². The Morgan fingerprint density at radius 1 is 1.23 bits per heavy atom. The number of ether oxygens (including phenoxy) is 1. The van der Waals surface area contributed by atoms with Gasteiger partial charge in [-0.15, -0.1) is 0 Å². The van der Waals surface area contributed by atoms with Crippen LogP contribution in [0.4, 0.5) is 4.39 Å². The highest BCUT2D eigenvalue weighted by Crippen LogP contribution is 2.39. The number of rotatable bonds is 2. The molecule has 2 aromatic rings. The number of benzene rings is 2. The van der Waals surface area contributed by atoms with Crippen molar-refractivity contribution in [1.29, 1.82) is 0 Å². The monoisotopic (exact) mass is 318 g/mol. The molecule has 1 aliphatic heterocycles. The lowest BCUT2D eigenvalue weighted by Crippen LogP contribution is -2.16. The average molecular weight is 319 g/mol. The highest BCUT2D eigenvalue weighted by atomic mass is 35.5. The Morgan fingerprint density at radius 2 is 2.00 bits per heavy atom. The van der Waals surface area contributed by atoms with Crippen LogP contribution in [0.25, 0.3) is 5.57 Å². The van der Waals surface area contributed by atoms with Crippen LogP contribution >= 0.6 is 11.6 Å². The summed E-state index contributed by atoms with van der Waals surface area (Å²) >= 11 is 6.14. The van der Waals surface area contributed by atoms with Gasteiger partial charge in [-0.1, -0.05) is 11.6 Å². The predicted octanol–water partition coefficient (Wildman–Crippen LogP) is 4.39. The Morgan fingerprint density at radius 3 is 2.68 bits per heavy atom. The van der Waals surface area contributed by atoms with Gasteiger partial charge in [-0.2, -0.15) is 0 Å². The van der Waals surface area contributed by atoms with Crippen molar-refractivity contribution in [2.24, 2.45) is 0 Å². The molecular weight excluding hydrogens is 307 g/mol. The molecule has 0 spiro atoms. The van der Waals surface area contributed by atoms with Crippen molar-refractivity contribution in [3.8, 4) is 5.75 Å². The Bertz CT molecular complexity index is 798. The third-order valence-electron chi connectivity index (χ3n) is 3.45. The molecule has 112 valence electrons. The van der Waals surface area contributed by atoms with Gasteiger partial charge in [0.15, 0.2) is 0 Å². The molecule has 0 fully saturated rings. The average Bonchev–Trinajstić information content (AvgIpc) is 2.46. The van der Waals surface area contributed by atoms with Gasteiger partial charge in [0.25, 0.3) is 0 Å². The summed E-state index contributed by atoms with van der Waals surface area (Å²) in [6.07, 6.45) is 1.65. The van der Waals surface area contributed by atoms with E-state index in [1.165, 1.54) is 24.3 Å². The minimum absolute atomic E-state index is 0.154. The zero-order valence-corrected chi connectivity index (χ0v) is 12.4. The second-order valence-corrected chi connectivity index (χ2v) is 5.45. The van der Waals surface area contributed by atoms with Gasteiger partial charge in [0.05, 0.1) is 10.6 Å². The Labute approximate surface area is 131 Å². The molecule has 1 aliphatic rings. The van der Waals surface area contributed by atoms with E-state index >= 15 is 0 Å². The highest BCUT2D eigenvalue weighted by Gasteiger charge is 2.22. The van der Waals surface area contributed by atoms with Crippen LogP contribution in [0.2, 0.25) is 5.02 Å². The van der Waals surface area contributed by atoms with Crippen LogP contribution < -0.4 is 4.74 Å². The second-order valence-electron chi connectivity index (χ2n) is 5.04. The molecular formula is C17H12ClFO3. The Balaban J connectivity index is 2.19. The summed E-state index contributed by atoms with van der Waals surface area (Å²) in [5.74, 6) is -0.865. The first kappa shape index (κ1) is 14.6. The number of carboxylic acid groups (broad SMARTS) is 1. The maximum atomic E-state index is 13.3. The molecule has 1 atom stereocenters. The fourth-order valence-electron chi connectivity index (χ4n) is 2.48. The third kappa shape index (κ3) is 2.57. The third-order valence-corrected chi connectivity index (χ3v) is 3.76. The number of carboxylic acids is 1.